The average Bonchev–Trinajstić information content (AvgIpc) is 3.31. The Morgan fingerprint density at radius 1 is 1.20 bits per heavy atom. The minimum Gasteiger partial charge on any atom is -0.382 e. The molecular formula is C17H25N5O3. The summed E-state index contributed by atoms with van der Waals surface area (Å²) in [5.74, 6) is 0.311. The predicted molar refractivity (Wildman–Crippen MR) is 92.4 cm³/mol. The maximum Gasteiger partial charge on any atom is 0.275 e. The summed E-state index contributed by atoms with van der Waals surface area (Å²) in [5, 5.41) is 11.0. The number of likely N-dealkylation sites (N-methyl/N-ethyl adjacent to an activating group) is 1. The van der Waals surface area contributed by atoms with E-state index < -0.39 is 5.54 Å². The van der Waals surface area contributed by atoms with Crippen LogP contribution < -0.4 is 10.2 Å². The summed E-state index contributed by atoms with van der Waals surface area (Å²) in [7, 11) is 3.11. The number of anilines is 1. The number of ether oxygens (including phenoxy) is 1. The van der Waals surface area contributed by atoms with Crippen LogP contribution in [0.2, 0.25) is 0 Å². The van der Waals surface area contributed by atoms with E-state index in [2.05, 4.69) is 20.4 Å². The molecule has 1 unspecified atom stereocenters. The van der Waals surface area contributed by atoms with Gasteiger partial charge >= 0.3 is 0 Å². The van der Waals surface area contributed by atoms with Gasteiger partial charge in [-0.15, -0.1) is 10.2 Å². The van der Waals surface area contributed by atoms with E-state index in [1.165, 1.54) is 7.11 Å². The highest BCUT2D eigenvalue weighted by Gasteiger charge is 2.50. The summed E-state index contributed by atoms with van der Waals surface area (Å²) >= 11 is 0. The second-order valence-electron chi connectivity index (χ2n) is 6.57. The Labute approximate surface area is 147 Å². The van der Waals surface area contributed by atoms with Gasteiger partial charge in [-0.05, 0) is 37.8 Å². The van der Waals surface area contributed by atoms with E-state index in [4.69, 9.17) is 4.74 Å². The number of carbonyl (C=O) groups is 2. The van der Waals surface area contributed by atoms with Crippen LogP contribution in [0.15, 0.2) is 12.1 Å². The Morgan fingerprint density at radius 2 is 1.96 bits per heavy atom. The Balaban J connectivity index is 1.82. The zero-order chi connectivity index (χ0) is 17.9. The molecule has 2 saturated heterocycles. The molecule has 3 rings (SSSR count). The van der Waals surface area contributed by atoms with E-state index in [1.54, 1.807) is 18.0 Å². The average molecular weight is 347 g/mol. The highest BCUT2D eigenvalue weighted by atomic mass is 16.5. The van der Waals surface area contributed by atoms with Crippen LogP contribution in [-0.2, 0) is 9.53 Å². The van der Waals surface area contributed by atoms with E-state index in [-0.39, 0.29) is 24.1 Å². The Hall–Kier alpha value is -2.22. The fourth-order valence-corrected chi connectivity index (χ4v) is 3.79. The topological polar surface area (TPSA) is 87.7 Å². The molecule has 8 nitrogen and oxygen atoms in total. The van der Waals surface area contributed by atoms with Gasteiger partial charge in [-0.25, -0.2) is 0 Å². The van der Waals surface area contributed by atoms with E-state index >= 15 is 0 Å². The standard InChI is InChI=1S/C17H25N5O3/c1-18-16(24)17(12-25-2)8-5-11-22(17)15(23)13-6-7-14(20-19-13)21-9-3-4-10-21/h6-7H,3-5,8-12H2,1-2H3,(H,18,24). The van der Waals surface area contributed by atoms with Crippen molar-refractivity contribution in [2.75, 3.05) is 45.3 Å². The molecule has 0 bridgehead atoms. The normalized spacial score (nSPS) is 23.1. The number of hydrogen-bond donors (Lipinski definition) is 1. The quantitative estimate of drug-likeness (QED) is 0.832. The first-order chi connectivity index (χ1) is 12.1. The second kappa shape index (κ2) is 7.35. The first kappa shape index (κ1) is 17.6. The highest BCUT2D eigenvalue weighted by Crippen LogP contribution is 2.31. The van der Waals surface area contributed by atoms with Crippen molar-refractivity contribution in [2.24, 2.45) is 0 Å². The van der Waals surface area contributed by atoms with Gasteiger partial charge in [0.2, 0.25) is 5.91 Å². The number of rotatable bonds is 5. The lowest BCUT2D eigenvalue weighted by molar-refractivity contribution is -0.133. The van der Waals surface area contributed by atoms with Crippen LogP contribution >= 0.6 is 0 Å². The van der Waals surface area contributed by atoms with Crippen molar-refractivity contribution in [1.82, 2.24) is 20.4 Å². The molecule has 2 aliphatic rings. The molecule has 136 valence electrons. The second-order valence-corrected chi connectivity index (χ2v) is 6.57. The lowest BCUT2D eigenvalue weighted by Crippen LogP contribution is -2.59. The summed E-state index contributed by atoms with van der Waals surface area (Å²) in [6.07, 6.45) is 3.64. The van der Waals surface area contributed by atoms with Gasteiger partial charge in [-0.2, -0.15) is 0 Å². The molecule has 1 atom stereocenters. The number of methoxy groups -OCH3 is 1. The Morgan fingerprint density at radius 3 is 2.56 bits per heavy atom. The summed E-state index contributed by atoms with van der Waals surface area (Å²) in [4.78, 5) is 29.2. The van der Waals surface area contributed by atoms with Gasteiger partial charge in [0, 0.05) is 33.8 Å². The molecule has 0 spiro atoms. The molecule has 8 heteroatoms. The molecule has 2 aliphatic heterocycles. The van der Waals surface area contributed by atoms with Crippen LogP contribution in [-0.4, -0.2) is 72.8 Å². The van der Waals surface area contributed by atoms with Gasteiger partial charge < -0.3 is 19.9 Å². The van der Waals surface area contributed by atoms with Crippen LogP contribution in [0.25, 0.3) is 0 Å². The molecule has 25 heavy (non-hydrogen) atoms. The van der Waals surface area contributed by atoms with Crippen molar-refractivity contribution in [3.63, 3.8) is 0 Å². The molecule has 2 amide bonds. The minimum absolute atomic E-state index is 0.164. The third-order valence-corrected chi connectivity index (χ3v) is 5.07. The van der Waals surface area contributed by atoms with Gasteiger partial charge in [-0.1, -0.05) is 0 Å². The lowest BCUT2D eigenvalue weighted by atomic mass is 9.95. The van der Waals surface area contributed by atoms with Crippen molar-refractivity contribution in [2.45, 2.75) is 31.2 Å². The van der Waals surface area contributed by atoms with Gasteiger partial charge in [0.15, 0.2) is 11.5 Å². The predicted octanol–water partition coefficient (Wildman–Crippen LogP) is 0.444. The number of carbonyl (C=O) groups excluding carboxylic acids is 2. The zero-order valence-corrected chi connectivity index (χ0v) is 14.8. The molecule has 0 saturated carbocycles. The third-order valence-electron chi connectivity index (χ3n) is 5.07. The van der Waals surface area contributed by atoms with Crippen LogP contribution in [0.5, 0.6) is 0 Å². The molecule has 0 aromatic carbocycles. The van der Waals surface area contributed by atoms with Crippen molar-refractivity contribution in [1.29, 1.82) is 0 Å². The van der Waals surface area contributed by atoms with E-state index in [0.717, 1.165) is 38.2 Å². The molecule has 0 aliphatic carbocycles. The number of nitrogens with one attached hydrogen (secondary N) is 1. The fraction of sp³-hybridized carbons (Fsp3) is 0.647. The lowest BCUT2D eigenvalue weighted by Gasteiger charge is -2.35. The SMILES string of the molecule is CNC(=O)C1(COC)CCCN1C(=O)c1ccc(N2CCCC2)nn1. The van der Waals surface area contributed by atoms with E-state index in [1.807, 2.05) is 6.07 Å². The molecule has 1 N–H and O–H groups in total. The van der Waals surface area contributed by atoms with Gasteiger partial charge in [0.05, 0.1) is 6.61 Å². The Kier molecular flexibility index (Phi) is 5.17. The first-order valence-electron chi connectivity index (χ1n) is 8.74. The molecule has 1 aromatic heterocycles. The monoisotopic (exact) mass is 347 g/mol. The molecule has 0 radical (unpaired) electrons. The zero-order valence-electron chi connectivity index (χ0n) is 14.8. The summed E-state index contributed by atoms with van der Waals surface area (Å²) in [5.41, 5.74) is -0.718. The van der Waals surface area contributed by atoms with E-state index in [9.17, 15) is 9.59 Å². The molecule has 2 fully saturated rings. The highest BCUT2D eigenvalue weighted by molar-refractivity contribution is 5.98. The van der Waals surface area contributed by atoms with Crippen molar-refractivity contribution in [3.05, 3.63) is 17.8 Å². The van der Waals surface area contributed by atoms with Gasteiger partial charge in [-0.3, -0.25) is 9.59 Å². The van der Waals surface area contributed by atoms with Crippen molar-refractivity contribution >= 4 is 17.6 Å². The fourth-order valence-electron chi connectivity index (χ4n) is 3.79. The third kappa shape index (κ3) is 3.18. The van der Waals surface area contributed by atoms with E-state index in [0.29, 0.717) is 13.0 Å². The maximum absolute atomic E-state index is 13.0. The maximum atomic E-state index is 13.0. The summed E-state index contributed by atoms with van der Waals surface area (Å²) < 4.78 is 5.26. The first-order valence-corrected chi connectivity index (χ1v) is 8.74. The Bertz CT molecular complexity index is 630. The molecule has 3 heterocycles. The van der Waals surface area contributed by atoms with Crippen LogP contribution in [0.1, 0.15) is 36.2 Å². The molecule has 1 aromatic rings. The smallest absolute Gasteiger partial charge is 0.275 e. The summed E-state index contributed by atoms with van der Waals surface area (Å²) in [6, 6.07) is 3.53. The van der Waals surface area contributed by atoms with Crippen LogP contribution in [0, 0.1) is 0 Å². The number of aromatic nitrogens is 2. The number of hydrogen-bond acceptors (Lipinski definition) is 6. The van der Waals surface area contributed by atoms with Crippen molar-refractivity contribution < 1.29 is 14.3 Å². The van der Waals surface area contributed by atoms with Crippen LogP contribution in [0.3, 0.4) is 0 Å². The number of nitrogens with zero attached hydrogens (tertiary/aromatic N) is 4. The van der Waals surface area contributed by atoms with Crippen molar-refractivity contribution in [3.8, 4) is 0 Å². The number of amides is 2. The van der Waals surface area contributed by atoms with Gasteiger partial charge in [0.1, 0.15) is 5.54 Å². The van der Waals surface area contributed by atoms with Gasteiger partial charge in [0.25, 0.3) is 5.91 Å². The molecular weight excluding hydrogens is 322 g/mol. The minimum atomic E-state index is -0.976. The largest absolute Gasteiger partial charge is 0.382 e. The van der Waals surface area contributed by atoms with Crippen LogP contribution in [0.4, 0.5) is 5.82 Å². The number of likely N-dealkylation sites (tertiary alicyclic amines) is 1. The summed E-state index contributed by atoms with van der Waals surface area (Å²) in [6.45, 7) is 2.62.